The maximum atomic E-state index is 12.3. The van der Waals surface area contributed by atoms with Gasteiger partial charge >= 0.3 is 0 Å². The SMILES string of the molecule is CN(C(=O)c1ccc(Br)cc1Cl)[C@H]1CCNC1. The largest absolute Gasteiger partial charge is 0.337 e. The number of carbonyl (C=O) groups is 1. The number of rotatable bonds is 2. The second kappa shape index (κ2) is 5.38. The molecule has 1 atom stereocenters. The standard InChI is InChI=1S/C12H14BrClN2O/c1-16(9-4-5-15-7-9)12(17)10-3-2-8(13)6-11(10)14/h2-3,6,9,15H,4-5,7H2,1H3/t9-/m0/s1. The van der Waals surface area contributed by atoms with E-state index in [0.29, 0.717) is 10.6 Å². The Kier molecular flexibility index (Phi) is 4.07. The number of amides is 1. The quantitative estimate of drug-likeness (QED) is 0.909. The van der Waals surface area contributed by atoms with E-state index in [0.717, 1.165) is 24.0 Å². The fourth-order valence-electron chi connectivity index (χ4n) is 1.99. The minimum absolute atomic E-state index is 0.0174. The number of benzene rings is 1. The van der Waals surface area contributed by atoms with E-state index in [1.165, 1.54) is 0 Å². The molecule has 0 radical (unpaired) electrons. The highest BCUT2D eigenvalue weighted by atomic mass is 79.9. The van der Waals surface area contributed by atoms with E-state index >= 15 is 0 Å². The van der Waals surface area contributed by atoms with Gasteiger partial charge in [-0.2, -0.15) is 0 Å². The fourth-order valence-corrected chi connectivity index (χ4v) is 2.74. The second-order valence-electron chi connectivity index (χ2n) is 4.19. The number of nitrogens with zero attached hydrogens (tertiary/aromatic N) is 1. The first-order chi connectivity index (χ1) is 8.09. The van der Waals surface area contributed by atoms with E-state index in [4.69, 9.17) is 11.6 Å². The van der Waals surface area contributed by atoms with Crippen molar-refractivity contribution in [3.05, 3.63) is 33.3 Å². The van der Waals surface area contributed by atoms with Gasteiger partial charge in [0.25, 0.3) is 5.91 Å². The number of likely N-dealkylation sites (N-methyl/N-ethyl adjacent to an activating group) is 1. The Morgan fingerprint density at radius 1 is 1.59 bits per heavy atom. The van der Waals surface area contributed by atoms with Crippen LogP contribution in [0.15, 0.2) is 22.7 Å². The first-order valence-electron chi connectivity index (χ1n) is 5.52. The van der Waals surface area contributed by atoms with E-state index < -0.39 is 0 Å². The number of nitrogens with one attached hydrogen (secondary N) is 1. The van der Waals surface area contributed by atoms with Gasteiger partial charge < -0.3 is 10.2 Å². The van der Waals surface area contributed by atoms with E-state index in [1.54, 1.807) is 17.0 Å². The van der Waals surface area contributed by atoms with Crippen molar-refractivity contribution in [1.82, 2.24) is 10.2 Å². The normalized spacial score (nSPS) is 19.4. The Labute approximate surface area is 114 Å². The fraction of sp³-hybridized carbons (Fsp3) is 0.417. The van der Waals surface area contributed by atoms with Gasteiger partial charge in [-0.25, -0.2) is 0 Å². The lowest BCUT2D eigenvalue weighted by molar-refractivity contribution is 0.0744. The summed E-state index contributed by atoms with van der Waals surface area (Å²) >= 11 is 9.41. The third-order valence-corrected chi connectivity index (χ3v) is 3.87. The number of hydrogen-bond acceptors (Lipinski definition) is 2. The smallest absolute Gasteiger partial charge is 0.255 e. The average molecular weight is 318 g/mol. The molecule has 0 spiro atoms. The Balaban J connectivity index is 2.18. The minimum atomic E-state index is -0.0174. The molecule has 92 valence electrons. The van der Waals surface area contributed by atoms with Crippen molar-refractivity contribution in [2.45, 2.75) is 12.5 Å². The van der Waals surface area contributed by atoms with Crippen molar-refractivity contribution in [3.63, 3.8) is 0 Å². The van der Waals surface area contributed by atoms with Gasteiger partial charge in [-0.15, -0.1) is 0 Å². The Bertz CT molecular complexity index is 433. The molecule has 3 nitrogen and oxygen atoms in total. The summed E-state index contributed by atoms with van der Waals surface area (Å²) < 4.78 is 0.879. The molecule has 0 aliphatic carbocycles. The minimum Gasteiger partial charge on any atom is -0.337 e. The molecule has 1 saturated heterocycles. The lowest BCUT2D eigenvalue weighted by Gasteiger charge is -2.24. The molecule has 0 saturated carbocycles. The number of carbonyl (C=O) groups excluding carboxylic acids is 1. The van der Waals surface area contributed by atoms with E-state index in [-0.39, 0.29) is 11.9 Å². The molecule has 17 heavy (non-hydrogen) atoms. The van der Waals surface area contributed by atoms with Gasteiger partial charge in [-0.1, -0.05) is 27.5 Å². The zero-order chi connectivity index (χ0) is 12.4. The molecule has 1 heterocycles. The first-order valence-corrected chi connectivity index (χ1v) is 6.69. The monoisotopic (exact) mass is 316 g/mol. The lowest BCUT2D eigenvalue weighted by atomic mass is 10.1. The topological polar surface area (TPSA) is 32.3 Å². The maximum Gasteiger partial charge on any atom is 0.255 e. The van der Waals surface area contributed by atoms with Crippen LogP contribution in [0.5, 0.6) is 0 Å². The van der Waals surface area contributed by atoms with Gasteiger partial charge in [0, 0.05) is 24.1 Å². The summed E-state index contributed by atoms with van der Waals surface area (Å²) in [7, 11) is 1.83. The first kappa shape index (κ1) is 12.9. The molecule has 0 aromatic heterocycles. The molecule has 1 aromatic carbocycles. The summed E-state index contributed by atoms with van der Waals surface area (Å²) in [6.07, 6.45) is 0.996. The highest BCUT2D eigenvalue weighted by Crippen LogP contribution is 2.23. The van der Waals surface area contributed by atoms with Gasteiger partial charge in [0.15, 0.2) is 0 Å². The molecule has 1 aliphatic heterocycles. The van der Waals surface area contributed by atoms with Crippen molar-refractivity contribution < 1.29 is 4.79 Å². The van der Waals surface area contributed by atoms with Crippen LogP contribution in [0.3, 0.4) is 0 Å². The highest BCUT2D eigenvalue weighted by Gasteiger charge is 2.25. The Morgan fingerprint density at radius 3 is 2.94 bits per heavy atom. The van der Waals surface area contributed by atoms with Crippen LogP contribution in [0, 0.1) is 0 Å². The molecule has 0 unspecified atom stereocenters. The molecule has 1 aromatic rings. The molecule has 5 heteroatoms. The summed E-state index contributed by atoms with van der Waals surface area (Å²) in [6, 6.07) is 5.60. The molecular weight excluding hydrogens is 304 g/mol. The summed E-state index contributed by atoms with van der Waals surface area (Å²) in [4.78, 5) is 14.0. The third-order valence-electron chi connectivity index (χ3n) is 3.06. The molecule has 1 aliphatic rings. The van der Waals surface area contributed by atoms with Crippen molar-refractivity contribution >= 4 is 33.4 Å². The van der Waals surface area contributed by atoms with Gasteiger partial charge in [0.1, 0.15) is 0 Å². The predicted octanol–water partition coefficient (Wildman–Crippen LogP) is 2.54. The predicted molar refractivity (Wildman–Crippen MR) is 72.5 cm³/mol. The number of hydrogen-bond donors (Lipinski definition) is 1. The van der Waals surface area contributed by atoms with Crippen molar-refractivity contribution in [2.24, 2.45) is 0 Å². The molecule has 1 fully saturated rings. The van der Waals surface area contributed by atoms with Crippen molar-refractivity contribution in [2.75, 3.05) is 20.1 Å². The Morgan fingerprint density at radius 2 is 2.35 bits per heavy atom. The lowest BCUT2D eigenvalue weighted by Crippen LogP contribution is -2.38. The summed E-state index contributed by atoms with van der Waals surface area (Å²) in [5, 5.41) is 3.74. The maximum absolute atomic E-state index is 12.3. The van der Waals surface area contributed by atoms with Crippen LogP contribution in [-0.4, -0.2) is 37.0 Å². The van der Waals surface area contributed by atoms with Gasteiger partial charge in [-0.05, 0) is 31.2 Å². The van der Waals surface area contributed by atoms with Crippen molar-refractivity contribution in [3.8, 4) is 0 Å². The molecule has 0 bridgehead atoms. The zero-order valence-electron chi connectivity index (χ0n) is 9.54. The highest BCUT2D eigenvalue weighted by molar-refractivity contribution is 9.10. The summed E-state index contributed by atoms with van der Waals surface area (Å²) in [6.45, 7) is 1.83. The summed E-state index contributed by atoms with van der Waals surface area (Å²) in [5.41, 5.74) is 0.560. The molecule has 2 rings (SSSR count). The van der Waals surface area contributed by atoms with Crippen LogP contribution in [0.25, 0.3) is 0 Å². The average Bonchev–Trinajstić information content (AvgIpc) is 2.80. The van der Waals surface area contributed by atoms with Crippen LogP contribution in [0.4, 0.5) is 0 Å². The van der Waals surface area contributed by atoms with Crippen LogP contribution >= 0.6 is 27.5 Å². The van der Waals surface area contributed by atoms with Crippen LogP contribution in [-0.2, 0) is 0 Å². The molecule has 1 amide bonds. The van der Waals surface area contributed by atoms with E-state index in [1.807, 2.05) is 13.1 Å². The number of halogens is 2. The van der Waals surface area contributed by atoms with Crippen LogP contribution in [0.2, 0.25) is 5.02 Å². The second-order valence-corrected chi connectivity index (χ2v) is 5.51. The molecular formula is C12H14BrClN2O. The van der Waals surface area contributed by atoms with Crippen LogP contribution in [0.1, 0.15) is 16.8 Å². The van der Waals surface area contributed by atoms with E-state index in [9.17, 15) is 4.79 Å². The van der Waals surface area contributed by atoms with E-state index in [2.05, 4.69) is 21.2 Å². The molecule has 1 N–H and O–H groups in total. The zero-order valence-corrected chi connectivity index (χ0v) is 11.9. The van der Waals surface area contributed by atoms with Gasteiger partial charge in [0.2, 0.25) is 0 Å². The van der Waals surface area contributed by atoms with Gasteiger partial charge in [0.05, 0.1) is 10.6 Å². The van der Waals surface area contributed by atoms with Crippen LogP contribution < -0.4 is 5.32 Å². The van der Waals surface area contributed by atoms with Gasteiger partial charge in [-0.3, -0.25) is 4.79 Å². The third kappa shape index (κ3) is 2.81. The van der Waals surface area contributed by atoms with Crippen molar-refractivity contribution in [1.29, 1.82) is 0 Å². The summed E-state index contributed by atoms with van der Waals surface area (Å²) in [5.74, 6) is -0.0174. The Hall–Kier alpha value is -0.580.